The number of amides is 2. The van der Waals surface area contributed by atoms with Crippen LogP contribution in [0.1, 0.15) is 60.6 Å². The quantitative estimate of drug-likeness (QED) is 0.519. The van der Waals surface area contributed by atoms with Gasteiger partial charge in [-0.15, -0.1) is 11.3 Å². The SMILES string of the molecule is COCCNC(=O)[C@@H](C)[C@H]1CC[C@@]2(C)Cc3sc(NC(=O)c4cccn4C)nc3[C@@H](C)[C@@H]2[C@H]1O. The molecule has 6 atom stereocenters. The highest BCUT2D eigenvalue weighted by atomic mass is 32.1. The summed E-state index contributed by atoms with van der Waals surface area (Å²) in [5, 5.41) is 18.0. The molecular formula is C25H36N4O4S. The second-order valence-electron chi connectivity index (χ2n) is 10.2. The summed E-state index contributed by atoms with van der Waals surface area (Å²) in [6.45, 7) is 7.23. The van der Waals surface area contributed by atoms with E-state index in [2.05, 4.69) is 24.5 Å². The van der Waals surface area contributed by atoms with Crippen molar-refractivity contribution in [2.45, 2.75) is 52.1 Å². The second kappa shape index (κ2) is 9.79. The predicted octanol–water partition coefficient (Wildman–Crippen LogP) is 3.19. The number of aliphatic hydroxyl groups is 1. The van der Waals surface area contributed by atoms with Gasteiger partial charge in [-0.3, -0.25) is 14.9 Å². The van der Waals surface area contributed by atoms with Crippen LogP contribution in [0.25, 0.3) is 0 Å². The molecule has 1 fully saturated rings. The summed E-state index contributed by atoms with van der Waals surface area (Å²) in [4.78, 5) is 31.3. The van der Waals surface area contributed by atoms with E-state index in [0.29, 0.717) is 24.0 Å². The Bertz CT molecular complexity index is 1050. The average molecular weight is 489 g/mol. The molecule has 2 heterocycles. The zero-order valence-corrected chi connectivity index (χ0v) is 21.4. The summed E-state index contributed by atoms with van der Waals surface area (Å²) in [6, 6.07) is 3.62. The highest BCUT2D eigenvalue weighted by Gasteiger charge is 2.53. The smallest absolute Gasteiger partial charge is 0.274 e. The van der Waals surface area contributed by atoms with Gasteiger partial charge in [0, 0.05) is 43.6 Å². The van der Waals surface area contributed by atoms with Crippen LogP contribution in [0.3, 0.4) is 0 Å². The molecule has 0 unspecified atom stereocenters. The van der Waals surface area contributed by atoms with Crippen LogP contribution in [-0.4, -0.2) is 52.8 Å². The first-order chi connectivity index (χ1) is 16.2. The van der Waals surface area contributed by atoms with Gasteiger partial charge in [-0.05, 0) is 48.6 Å². The fraction of sp³-hybridized carbons (Fsp3) is 0.640. The number of fused-ring (bicyclic) bond motifs is 2. The number of methoxy groups -OCH3 is 1. The number of carbonyl (C=O) groups excluding carboxylic acids is 2. The molecule has 2 aliphatic carbocycles. The molecule has 0 aromatic carbocycles. The minimum atomic E-state index is -0.590. The number of anilines is 1. The van der Waals surface area contributed by atoms with Crippen LogP contribution in [0.5, 0.6) is 0 Å². The minimum absolute atomic E-state index is 0.00602. The Morgan fingerprint density at radius 2 is 2.21 bits per heavy atom. The standard InChI is InChI=1S/C25H36N4O4S/c1-14(22(31)26-10-12-33-5)16-8-9-25(3)13-18-20(15(2)19(25)21(16)30)27-24(34-18)28-23(32)17-7-6-11-29(17)4/h6-7,11,14-16,19,21,30H,8-10,12-13H2,1-5H3,(H,26,31)(H,27,28,32)/t14-,15-,16+,19+,21-,25-/m0/s1. The molecule has 8 nitrogen and oxygen atoms in total. The topological polar surface area (TPSA) is 105 Å². The molecular weight excluding hydrogens is 452 g/mol. The highest BCUT2D eigenvalue weighted by Crippen LogP contribution is 2.57. The van der Waals surface area contributed by atoms with Crippen molar-refractivity contribution < 1.29 is 19.4 Å². The lowest BCUT2D eigenvalue weighted by molar-refractivity contribution is -0.135. The van der Waals surface area contributed by atoms with E-state index in [1.807, 2.05) is 26.2 Å². The number of hydrogen-bond donors (Lipinski definition) is 3. The van der Waals surface area contributed by atoms with Crippen LogP contribution in [-0.2, 0) is 23.0 Å². The van der Waals surface area contributed by atoms with E-state index < -0.39 is 6.10 Å². The van der Waals surface area contributed by atoms with Gasteiger partial charge < -0.3 is 19.7 Å². The van der Waals surface area contributed by atoms with E-state index >= 15 is 0 Å². The van der Waals surface area contributed by atoms with Crippen LogP contribution in [0, 0.1) is 23.2 Å². The normalized spacial score (nSPS) is 29.1. The molecule has 0 aliphatic heterocycles. The van der Waals surface area contributed by atoms with Gasteiger partial charge in [-0.25, -0.2) is 4.98 Å². The maximum absolute atomic E-state index is 12.7. The van der Waals surface area contributed by atoms with Gasteiger partial charge in [-0.1, -0.05) is 20.8 Å². The second-order valence-corrected chi connectivity index (χ2v) is 11.3. The summed E-state index contributed by atoms with van der Waals surface area (Å²) in [5.41, 5.74) is 1.48. The number of ether oxygens (including phenoxy) is 1. The molecule has 0 radical (unpaired) electrons. The monoisotopic (exact) mass is 488 g/mol. The van der Waals surface area contributed by atoms with Gasteiger partial charge in [0.15, 0.2) is 5.13 Å². The van der Waals surface area contributed by atoms with Crippen molar-refractivity contribution in [3.05, 3.63) is 34.6 Å². The van der Waals surface area contributed by atoms with E-state index in [1.165, 1.54) is 16.2 Å². The molecule has 9 heteroatoms. The van der Waals surface area contributed by atoms with Crippen molar-refractivity contribution in [1.82, 2.24) is 14.9 Å². The number of aryl methyl sites for hydroxylation is 1. The first-order valence-corrected chi connectivity index (χ1v) is 12.8. The summed E-state index contributed by atoms with van der Waals surface area (Å²) < 4.78 is 6.81. The van der Waals surface area contributed by atoms with Crippen molar-refractivity contribution in [2.75, 3.05) is 25.6 Å². The molecule has 2 aromatic heterocycles. The average Bonchev–Trinajstić information content (AvgIpc) is 3.39. The Morgan fingerprint density at radius 3 is 2.88 bits per heavy atom. The van der Waals surface area contributed by atoms with Gasteiger partial charge in [0.05, 0.1) is 18.4 Å². The van der Waals surface area contributed by atoms with Crippen molar-refractivity contribution in [3.8, 4) is 0 Å². The van der Waals surface area contributed by atoms with Crippen molar-refractivity contribution in [2.24, 2.45) is 30.2 Å². The zero-order valence-electron chi connectivity index (χ0n) is 20.6. The maximum atomic E-state index is 12.7. The minimum Gasteiger partial charge on any atom is -0.392 e. The predicted molar refractivity (Wildman–Crippen MR) is 132 cm³/mol. The zero-order chi connectivity index (χ0) is 24.6. The summed E-state index contributed by atoms with van der Waals surface area (Å²) in [5.74, 6) is -0.546. The Hall–Kier alpha value is -2.23. The molecule has 4 rings (SSSR count). The molecule has 186 valence electrons. The van der Waals surface area contributed by atoms with Gasteiger partial charge in [0.1, 0.15) is 5.69 Å². The van der Waals surface area contributed by atoms with Gasteiger partial charge >= 0.3 is 0 Å². The van der Waals surface area contributed by atoms with Gasteiger partial charge in [0.25, 0.3) is 5.91 Å². The lowest BCUT2D eigenvalue weighted by Gasteiger charge is -2.53. The van der Waals surface area contributed by atoms with E-state index in [9.17, 15) is 14.7 Å². The highest BCUT2D eigenvalue weighted by molar-refractivity contribution is 7.15. The molecule has 0 saturated heterocycles. The van der Waals surface area contributed by atoms with Gasteiger partial charge in [0.2, 0.25) is 5.91 Å². The number of thiazole rings is 1. The van der Waals surface area contributed by atoms with E-state index in [0.717, 1.165) is 25.0 Å². The van der Waals surface area contributed by atoms with E-state index in [1.54, 1.807) is 17.7 Å². The fourth-order valence-electron chi connectivity index (χ4n) is 6.09. The Morgan fingerprint density at radius 1 is 1.44 bits per heavy atom. The number of nitrogens with zero attached hydrogens (tertiary/aromatic N) is 2. The molecule has 0 spiro atoms. The van der Waals surface area contributed by atoms with Crippen LogP contribution in [0.15, 0.2) is 18.3 Å². The third kappa shape index (κ3) is 4.53. The number of aliphatic hydroxyl groups excluding tert-OH is 1. The van der Waals surface area contributed by atoms with Crippen molar-refractivity contribution >= 4 is 28.3 Å². The number of carbonyl (C=O) groups is 2. The summed E-state index contributed by atoms with van der Waals surface area (Å²) in [6.07, 6.45) is 3.83. The van der Waals surface area contributed by atoms with Crippen LogP contribution >= 0.6 is 11.3 Å². The van der Waals surface area contributed by atoms with E-state index in [4.69, 9.17) is 9.72 Å². The van der Waals surface area contributed by atoms with Crippen molar-refractivity contribution in [3.63, 3.8) is 0 Å². The summed E-state index contributed by atoms with van der Waals surface area (Å²) >= 11 is 1.54. The number of nitrogens with one attached hydrogen (secondary N) is 2. The van der Waals surface area contributed by atoms with E-state index in [-0.39, 0.29) is 40.9 Å². The molecule has 0 bridgehead atoms. The lowest BCUT2D eigenvalue weighted by Crippen LogP contribution is -2.53. The number of rotatable bonds is 7. The Labute approximate surface area is 205 Å². The third-order valence-corrected chi connectivity index (χ3v) is 8.97. The fourth-order valence-corrected chi connectivity index (χ4v) is 7.35. The Balaban J connectivity index is 1.51. The first-order valence-electron chi connectivity index (χ1n) is 12.0. The first kappa shape index (κ1) is 24.9. The largest absolute Gasteiger partial charge is 0.392 e. The number of hydrogen-bond acceptors (Lipinski definition) is 6. The Kier molecular flexibility index (Phi) is 7.17. The maximum Gasteiger partial charge on any atom is 0.274 e. The third-order valence-electron chi connectivity index (χ3n) is 7.98. The summed E-state index contributed by atoms with van der Waals surface area (Å²) in [7, 11) is 3.45. The van der Waals surface area contributed by atoms with Crippen LogP contribution < -0.4 is 10.6 Å². The van der Waals surface area contributed by atoms with Crippen LogP contribution in [0.4, 0.5) is 5.13 Å². The van der Waals surface area contributed by atoms with Crippen LogP contribution in [0.2, 0.25) is 0 Å². The number of aromatic nitrogens is 2. The molecule has 3 N–H and O–H groups in total. The molecule has 34 heavy (non-hydrogen) atoms. The van der Waals surface area contributed by atoms with Crippen molar-refractivity contribution in [1.29, 1.82) is 0 Å². The molecule has 1 saturated carbocycles. The molecule has 2 aromatic rings. The lowest BCUT2D eigenvalue weighted by atomic mass is 9.53. The van der Waals surface area contributed by atoms with Gasteiger partial charge in [-0.2, -0.15) is 0 Å². The molecule has 2 aliphatic rings. The molecule has 2 amide bonds.